The third-order valence-electron chi connectivity index (χ3n) is 10.3. The van der Waals surface area contributed by atoms with E-state index in [4.69, 9.17) is 9.97 Å². The summed E-state index contributed by atoms with van der Waals surface area (Å²) in [7, 11) is 0. The molecule has 53 heavy (non-hydrogen) atoms. The van der Waals surface area contributed by atoms with E-state index in [-0.39, 0.29) is 0 Å². The minimum absolute atomic E-state index is 0.686. The summed E-state index contributed by atoms with van der Waals surface area (Å²) in [6.07, 6.45) is 7.85. The second-order valence-corrected chi connectivity index (χ2v) is 14.4. The summed E-state index contributed by atoms with van der Waals surface area (Å²) in [5, 5.41) is 10.3. The molecule has 0 bridgehead atoms. The van der Waals surface area contributed by atoms with Crippen molar-refractivity contribution in [2.45, 2.75) is 6.92 Å². The Morgan fingerprint density at radius 2 is 1.34 bits per heavy atom. The average Bonchev–Trinajstić information content (AvgIpc) is 3.79. The summed E-state index contributed by atoms with van der Waals surface area (Å²) in [5.74, 6) is 0.686. The van der Waals surface area contributed by atoms with Crippen LogP contribution in [0.15, 0.2) is 176 Å². The lowest BCUT2D eigenvalue weighted by Gasteiger charge is -2.12. The quantitative estimate of drug-likeness (QED) is 0.162. The molecule has 0 fully saturated rings. The molecular weight excluding hydrogens is 663 g/mol. The van der Waals surface area contributed by atoms with E-state index in [1.165, 1.54) is 63.5 Å². The van der Waals surface area contributed by atoms with E-state index >= 15 is 0 Å². The van der Waals surface area contributed by atoms with Crippen LogP contribution in [-0.4, -0.2) is 14.5 Å². The van der Waals surface area contributed by atoms with Crippen molar-refractivity contribution in [1.29, 1.82) is 0 Å². The van der Waals surface area contributed by atoms with Crippen LogP contribution in [0.4, 0.5) is 0 Å². The zero-order valence-electron chi connectivity index (χ0n) is 29.1. The molecule has 0 unspecified atom stereocenters. The Morgan fingerprint density at radius 1 is 0.642 bits per heavy atom. The molecule has 0 atom stereocenters. The molecule has 250 valence electrons. The van der Waals surface area contributed by atoms with Crippen molar-refractivity contribution in [3.63, 3.8) is 0 Å². The molecule has 0 amide bonds. The van der Waals surface area contributed by atoms with Crippen molar-refractivity contribution in [3.8, 4) is 28.3 Å². The maximum atomic E-state index is 5.11. The van der Waals surface area contributed by atoms with Gasteiger partial charge in [-0.1, -0.05) is 134 Å². The molecule has 0 aliphatic heterocycles. The molecule has 7 aromatic carbocycles. The third-order valence-corrected chi connectivity index (χ3v) is 11.5. The van der Waals surface area contributed by atoms with Gasteiger partial charge in [0.2, 0.25) is 0 Å². The van der Waals surface area contributed by atoms with Crippen molar-refractivity contribution >= 4 is 80.4 Å². The van der Waals surface area contributed by atoms with Crippen molar-refractivity contribution in [1.82, 2.24) is 14.5 Å². The summed E-state index contributed by atoms with van der Waals surface area (Å²) in [4.78, 5) is 10.2. The number of rotatable bonds is 6. The molecule has 3 heterocycles. The normalized spacial score (nSPS) is 12.4. The zero-order chi connectivity index (χ0) is 35.5. The van der Waals surface area contributed by atoms with Crippen LogP contribution in [0.3, 0.4) is 0 Å². The maximum Gasteiger partial charge on any atom is 0.160 e. The third kappa shape index (κ3) is 4.95. The predicted molar refractivity (Wildman–Crippen MR) is 228 cm³/mol. The van der Waals surface area contributed by atoms with Crippen molar-refractivity contribution in [2.75, 3.05) is 0 Å². The van der Waals surface area contributed by atoms with Crippen LogP contribution in [0.5, 0.6) is 0 Å². The van der Waals surface area contributed by atoms with Gasteiger partial charge in [-0.25, -0.2) is 9.97 Å². The molecule has 10 aromatic rings. The highest BCUT2D eigenvalue weighted by atomic mass is 32.1. The van der Waals surface area contributed by atoms with E-state index < -0.39 is 0 Å². The van der Waals surface area contributed by atoms with Crippen LogP contribution in [0, 0.1) is 0 Å². The van der Waals surface area contributed by atoms with Gasteiger partial charge in [-0.15, -0.1) is 11.3 Å². The van der Waals surface area contributed by atoms with Gasteiger partial charge >= 0.3 is 0 Å². The smallest absolute Gasteiger partial charge is 0.160 e. The Kier molecular flexibility index (Phi) is 7.38. The van der Waals surface area contributed by atoms with Gasteiger partial charge in [0.05, 0.1) is 27.1 Å². The van der Waals surface area contributed by atoms with Crippen molar-refractivity contribution in [3.05, 3.63) is 182 Å². The molecule has 0 saturated carbocycles. The van der Waals surface area contributed by atoms with Crippen LogP contribution in [0.1, 0.15) is 12.6 Å². The number of hydrogen-bond donors (Lipinski definition) is 0. The molecule has 0 radical (unpaired) electrons. The van der Waals surface area contributed by atoms with Gasteiger partial charge in [-0.05, 0) is 76.5 Å². The standard InChI is InChI=1S/C49H33N3S/c1-3-5-15-31(4-2)40-30-41(33-17-7-6-8-18-33)51-49(50-40)34-24-27-35(28-25-34)52-42-29-26-32-16-9-10-19-36(32)45(42)46-38-21-12-11-20-37(38)44-39-22-13-14-23-43(39)53-48(44)47(46)52/h3-30H,1H2,2H3/b15-5-,31-4+. The van der Waals surface area contributed by atoms with Gasteiger partial charge in [-0.3, -0.25) is 0 Å². The van der Waals surface area contributed by atoms with E-state index in [0.717, 1.165) is 33.8 Å². The number of benzene rings is 7. The molecule has 4 heteroatoms. The van der Waals surface area contributed by atoms with Gasteiger partial charge in [0.25, 0.3) is 0 Å². The lowest BCUT2D eigenvalue weighted by atomic mass is 9.97. The van der Waals surface area contributed by atoms with Gasteiger partial charge in [0, 0.05) is 43.1 Å². The average molecular weight is 696 g/mol. The van der Waals surface area contributed by atoms with Gasteiger partial charge < -0.3 is 4.57 Å². The minimum atomic E-state index is 0.686. The second-order valence-electron chi connectivity index (χ2n) is 13.3. The SMILES string of the molecule is C=C/C=C\C(=C/C)c1cc(-c2ccccc2)nc(-c2ccc(-n3c4ccc5ccccc5c4c4c5ccccc5c5c6ccccc6sc5c43)cc2)n1. The molecule has 0 aliphatic rings. The number of aromatic nitrogens is 3. The van der Waals surface area contributed by atoms with Crippen LogP contribution in [0.25, 0.3) is 97.4 Å². The Bertz CT molecular complexity index is 3120. The number of fused-ring (bicyclic) bond motifs is 12. The number of nitrogens with zero attached hydrogens (tertiary/aromatic N) is 3. The molecule has 10 rings (SSSR count). The number of thiophene rings is 1. The van der Waals surface area contributed by atoms with E-state index in [1.54, 1.807) is 6.08 Å². The van der Waals surface area contributed by atoms with Crippen LogP contribution >= 0.6 is 11.3 Å². The molecular formula is C49H33N3S. The monoisotopic (exact) mass is 695 g/mol. The maximum absolute atomic E-state index is 5.11. The summed E-state index contributed by atoms with van der Waals surface area (Å²) in [6.45, 7) is 5.90. The highest BCUT2D eigenvalue weighted by molar-refractivity contribution is 7.27. The highest BCUT2D eigenvalue weighted by Crippen LogP contribution is 2.49. The van der Waals surface area contributed by atoms with E-state index in [9.17, 15) is 0 Å². The molecule has 0 N–H and O–H groups in total. The van der Waals surface area contributed by atoms with Crippen LogP contribution in [0.2, 0.25) is 0 Å². The lowest BCUT2D eigenvalue weighted by molar-refractivity contribution is 1.15. The summed E-state index contributed by atoms with van der Waals surface area (Å²) < 4.78 is 5.08. The fourth-order valence-electron chi connectivity index (χ4n) is 7.95. The first-order chi connectivity index (χ1) is 26.2. The first-order valence-electron chi connectivity index (χ1n) is 17.9. The number of allylic oxidation sites excluding steroid dienone is 5. The molecule has 3 aromatic heterocycles. The number of hydrogen-bond acceptors (Lipinski definition) is 3. The predicted octanol–water partition coefficient (Wildman–Crippen LogP) is 13.7. The second kappa shape index (κ2) is 12.6. The van der Waals surface area contributed by atoms with Crippen molar-refractivity contribution < 1.29 is 0 Å². The fraction of sp³-hybridized carbons (Fsp3) is 0.0204. The highest BCUT2D eigenvalue weighted by Gasteiger charge is 2.23. The summed E-state index contributed by atoms with van der Waals surface area (Å²) in [6, 6.07) is 52.3. The molecule has 0 saturated heterocycles. The lowest BCUT2D eigenvalue weighted by Crippen LogP contribution is -1.99. The van der Waals surface area contributed by atoms with E-state index in [1.807, 2.05) is 48.6 Å². The van der Waals surface area contributed by atoms with Gasteiger partial charge in [0.15, 0.2) is 5.82 Å². The van der Waals surface area contributed by atoms with Crippen LogP contribution in [-0.2, 0) is 0 Å². The molecule has 0 aliphatic carbocycles. The van der Waals surface area contributed by atoms with Gasteiger partial charge in [-0.2, -0.15) is 0 Å². The molecule has 3 nitrogen and oxygen atoms in total. The zero-order valence-corrected chi connectivity index (χ0v) is 29.9. The summed E-state index contributed by atoms with van der Waals surface area (Å²) in [5.41, 5.74) is 8.31. The first kappa shape index (κ1) is 31.1. The first-order valence-corrected chi connectivity index (χ1v) is 18.7. The van der Waals surface area contributed by atoms with Crippen LogP contribution < -0.4 is 0 Å². The summed E-state index contributed by atoms with van der Waals surface area (Å²) >= 11 is 1.89. The van der Waals surface area contributed by atoms with E-state index in [0.29, 0.717) is 5.82 Å². The Labute approximate surface area is 311 Å². The Balaban J connectivity index is 1.25. The molecule has 0 spiro atoms. The topological polar surface area (TPSA) is 30.7 Å². The Hall–Kier alpha value is -6.62. The van der Waals surface area contributed by atoms with Crippen molar-refractivity contribution in [2.24, 2.45) is 0 Å². The largest absolute Gasteiger partial charge is 0.308 e. The van der Waals surface area contributed by atoms with E-state index in [2.05, 4.69) is 145 Å². The fourth-order valence-corrected chi connectivity index (χ4v) is 9.20. The van der Waals surface area contributed by atoms with Gasteiger partial charge in [0.1, 0.15) is 0 Å². The minimum Gasteiger partial charge on any atom is -0.308 e. The Morgan fingerprint density at radius 3 is 2.11 bits per heavy atom.